The molecule has 1 heterocycles. The zero-order valence-corrected chi connectivity index (χ0v) is 15.1. The molecule has 2 aromatic rings. The molecule has 6 heteroatoms. The fraction of sp³-hybridized carbons (Fsp3) is 0.316. The highest BCUT2D eigenvalue weighted by Gasteiger charge is 2.19. The van der Waals surface area contributed by atoms with Crippen LogP contribution < -0.4 is 10.1 Å². The Kier molecular flexibility index (Phi) is 5.83. The van der Waals surface area contributed by atoms with E-state index in [1.54, 1.807) is 13.2 Å². The molecular formula is C19H22FN3OS. The largest absolute Gasteiger partial charge is 0.497 e. The number of nitrogens with one attached hydrogen (secondary N) is 1. The molecule has 0 amide bonds. The van der Waals surface area contributed by atoms with Crippen molar-refractivity contribution in [1.82, 2.24) is 9.80 Å². The third-order valence-electron chi connectivity index (χ3n) is 4.33. The predicted molar refractivity (Wildman–Crippen MR) is 102 cm³/mol. The van der Waals surface area contributed by atoms with Crippen molar-refractivity contribution < 1.29 is 9.13 Å². The third-order valence-corrected chi connectivity index (χ3v) is 4.69. The van der Waals surface area contributed by atoms with Crippen LogP contribution in [0, 0.1) is 5.82 Å². The van der Waals surface area contributed by atoms with Gasteiger partial charge in [0, 0.05) is 50.0 Å². The van der Waals surface area contributed by atoms with Gasteiger partial charge in [0.25, 0.3) is 0 Å². The van der Waals surface area contributed by atoms with Gasteiger partial charge in [0.15, 0.2) is 5.11 Å². The van der Waals surface area contributed by atoms with Crippen molar-refractivity contribution in [2.45, 2.75) is 6.54 Å². The molecule has 0 unspecified atom stereocenters. The summed E-state index contributed by atoms with van der Waals surface area (Å²) < 4.78 is 19.0. The number of halogens is 1. The average Bonchev–Trinajstić information content (AvgIpc) is 2.64. The summed E-state index contributed by atoms with van der Waals surface area (Å²) in [6.45, 7) is 3.99. The number of rotatable bonds is 4. The van der Waals surface area contributed by atoms with Crippen LogP contribution in [0.15, 0.2) is 48.5 Å². The van der Waals surface area contributed by atoms with E-state index in [1.165, 1.54) is 6.07 Å². The number of anilines is 1. The molecule has 25 heavy (non-hydrogen) atoms. The van der Waals surface area contributed by atoms with E-state index in [0.29, 0.717) is 11.7 Å². The Labute approximate surface area is 153 Å². The molecule has 3 rings (SSSR count). The lowest BCUT2D eigenvalue weighted by Crippen LogP contribution is -2.49. The average molecular weight is 359 g/mol. The van der Waals surface area contributed by atoms with Gasteiger partial charge in [0.2, 0.25) is 0 Å². The van der Waals surface area contributed by atoms with Crippen molar-refractivity contribution in [3.8, 4) is 5.75 Å². The first-order chi connectivity index (χ1) is 12.2. The highest BCUT2D eigenvalue weighted by atomic mass is 32.1. The van der Waals surface area contributed by atoms with Crippen LogP contribution in [0.4, 0.5) is 10.1 Å². The van der Waals surface area contributed by atoms with Crippen LogP contribution in [-0.4, -0.2) is 48.2 Å². The second-order valence-electron chi connectivity index (χ2n) is 6.02. The summed E-state index contributed by atoms with van der Waals surface area (Å²) in [6.07, 6.45) is 0. The second-order valence-corrected chi connectivity index (χ2v) is 6.40. The predicted octanol–water partition coefficient (Wildman–Crippen LogP) is 3.35. The highest BCUT2D eigenvalue weighted by molar-refractivity contribution is 7.80. The summed E-state index contributed by atoms with van der Waals surface area (Å²) in [4.78, 5) is 4.40. The Morgan fingerprint density at radius 3 is 2.60 bits per heavy atom. The minimum atomic E-state index is -0.139. The van der Waals surface area contributed by atoms with Gasteiger partial charge < -0.3 is 15.0 Å². The minimum absolute atomic E-state index is 0.139. The van der Waals surface area contributed by atoms with Crippen LogP contribution in [0.5, 0.6) is 5.75 Å². The maximum atomic E-state index is 13.8. The minimum Gasteiger partial charge on any atom is -0.497 e. The summed E-state index contributed by atoms with van der Waals surface area (Å²) in [5, 5.41) is 3.97. The fourth-order valence-electron chi connectivity index (χ4n) is 2.88. The smallest absolute Gasteiger partial charge is 0.173 e. The van der Waals surface area contributed by atoms with E-state index in [2.05, 4.69) is 15.1 Å². The Morgan fingerprint density at radius 1 is 1.12 bits per heavy atom. The molecule has 0 radical (unpaired) electrons. The molecular weight excluding hydrogens is 337 g/mol. The number of thiocarbonyl (C=S) groups is 1. The van der Waals surface area contributed by atoms with E-state index in [0.717, 1.165) is 43.2 Å². The summed E-state index contributed by atoms with van der Waals surface area (Å²) in [6, 6.07) is 14.7. The van der Waals surface area contributed by atoms with Crippen LogP contribution in [0.3, 0.4) is 0 Å². The number of nitrogens with zero attached hydrogens (tertiary/aromatic N) is 2. The van der Waals surface area contributed by atoms with Gasteiger partial charge in [-0.05, 0) is 30.4 Å². The SMILES string of the molecule is COc1cccc(NC(=S)N2CCN(Cc3ccccc3F)CC2)c1. The summed E-state index contributed by atoms with van der Waals surface area (Å²) in [5.74, 6) is 0.655. The number of methoxy groups -OCH3 is 1. The van der Waals surface area contributed by atoms with Crippen molar-refractivity contribution in [2.75, 3.05) is 38.6 Å². The van der Waals surface area contributed by atoms with Crippen molar-refractivity contribution in [1.29, 1.82) is 0 Å². The topological polar surface area (TPSA) is 27.7 Å². The van der Waals surface area contributed by atoms with Gasteiger partial charge in [-0.1, -0.05) is 24.3 Å². The standard InChI is InChI=1S/C19H22FN3OS/c1-24-17-7-4-6-16(13-17)21-19(25)23-11-9-22(10-12-23)14-15-5-2-3-8-18(15)20/h2-8,13H,9-12,14H2,1H3,(H,21,25). The maximum Gasteiger partial charge on any atom is 0.173 e. The molecule has 0 aromatic heterocycles. The van der Waals surface area contributed by atoms with Crippen LogP contribution in [0.1, 0.15) is 5.56 Å². The van der Waals surface area contributed by atoms with Gasteiger partial charge in [-0.3, -0.25) is 4.90 Å². The Morgan fingerprint density at radius 2 is 1.88 bits per heavy atom. The quantitative estimate of drug-likeness (QED) is 0.845. The maximum absolute atomic E-state index is 13.8. The molecule has 0 atom stereocenters. The molecule has 1 saturated heterocycles. The van der Waals surface area contributed by atoms with Crippen molar-refractivity contribution in [3.05, 3.63) is 59.9 Å². The number of hydrogen-bond donors (Lipinski definition) is 1. The van der Waals surface area contributed by atoms with E-state index in [4.69, 9.17) is 17.0 Å². The molecule has 0 spiro atoms. The first kappa shape index (κ1) is 17.6. The highest BCUT2D eigenvalue weighted by Crippen LogP contribution is 2.18. The number of ether oxygens (including phenoxy) is 1. The lowest BCUT2D eigenvalue weighted by molar-refractivity contribution is 0.175. The van der Waals surface area contributed by atoms with E-state index in [1.807, 2.05) is 36.4 Å². The number of benzene rings is 2. The van der Waals surface area contributed by atoms with Gasteiger partial charge in [-0.15, -0.1) is 0 Å². The van der Waals surface area contributed by atoms with E-state index in [-0.39, 0.29) is 5.82 Å². The van der Waals surface area contributed by atoms with Gasteiger partial charge in [-0.2, -0.15) is 0 Å². The molecule has 1 N–H and O–H groups in total. The Bertz CT molecular complexity index is 732. The Hall–Kier alpha value is -2.18. The monoisotopic (exact) mass is 359 g/mol. The number of hydrogen-bond acceptors (Lipinski definition) is 3. The summed E-state index contributed by atoms with van der Waals surface area (Å²) in [7, 11) is 1.65. The molecule has 0 aliphatic carbocycles. The van der Waals surface area contributed by atoms with E-state index in [9.17, 15) is 4.39 Å². The van der Waals surface area contributed by atoms with Crippen LogP contribution in [0.2, 0.25) is 0 Å². The molecule has 1 fully saturated rings. The van der Waals surface area contributed by atoms with Crippen molar-refractivity contribution >= 4 is 23.0 Å². The normalized spacial score (nSPS) is 15.0. The molecule has 0 saturated carbocycles. The van der Waals surface area contributed by atoms with Gasteiger partial charge in [0.1, 0.15) is 11.6 Å². The van der Waals surface area contributed by atoms with Gasteiger partial charge in [0.05, 0.1) is 7.11 Å². The molecule has 0 bridgehead atoms. The lowest BCUT2D eigenvalue weighted by atomic mass is 10.2. The van der Waals surface area contributed by atoms with E-state index < -0.39 is 0 Å². The first-order valence-electron chi connectivity index (χ1n) is 8.31. The Balaban J connectivity index is 1.51. The molecule has 4 nitrogen and oxygen atoms in total. The molecule has 2 aromatic carbocycles. The lowest BCUT2D eigenvalue weighted by Gasteiger charge is -2.36. The zero-order chi connectivity index (χ0) is 17.6. The number of piperazine rings is 1. The third kappa shape index (κ3) is 4.67. The molecule has 132 valence electrons. The molecule has 1 aliphatic rings. The van der Waals surface area contributed by atoms with Crippen LogP contribution >= 0.6 is 12.2 Å². The summed E-state index contributed by atoms with van der Waals surface area (Å²) >= 11 is 5.52. The zero-order valence-electron chi connectivity index (χ0n) is 14.2. The van der Waals surface area contributed by atoms with Crippen LogP contribution in [0.25, 0.3) is 0 Å². The van der Waals surface area contributed by atoms with Gasteiger partial charge in [-0.25, -0.2) is 4.39 Å². The second kappa shape index (κ2) is 8.27. The first-order valence-corrected chi connectivity index (χ1v) is 8.72. The van der Waals surface area contributed by atoms with Crippen molar-refractivity contribution in [2.24, 2.45) is 0 Å². The fourth-order valence-corrected chi connectivity index (χ4v) is 3.18. The molecule has 1 aliphatic heterocycles. The van der Waals surface area contributed by atoms with E-state index >= 15 is 0 Å². The van der Waals surface area contributed by atoms with Crippen LogP contribution in [-0.2, 0) is 6.54 Å². The van der Waals surface area contributed by atoms with Crippen molar-refractivity contribution in [3.63, 3.8) is 0 Å². The summed E-state index contributed by atoms with van der Waals surface area (Å²) in [5.41, 5.74) is 1.66. The van der Waals surface area contributed by atoms with Gasteiger partial charge >= 0.3 is 0 Å².